The Hall–Kier alpha value is -2.40. The van der Waals surface area contributed by atoms with Crippen LogP contribution in [0.1, 0.15) is 34.0 Å². The van der Waals surface area contributed by atoms with E-state index in [4.69, 9.17) is 16.3 Å². The van der Waals surface area contributed by atoms with Gasteiger partial charge in [-0.15, -0.1) is 0 Å². The van der Waals surface area contributed by atoms with Crippen LogP contribution in [0.4, 0.5) is 5.69 Å². The van der Waals surface area contributed by atoms with Gasteiger partial charge in [-0.3, -0.25) is 10.1 Å². The number of ether oxygens (including phenoxy) is 1. The van der Waals surface area contributed by atoms with Gasteiger partial charge in [0.05, 0.1) is 15.5 Å². The van der Waals surface area contributed by atoms with E-state index in [1.54, 1.807) is 0 Å². The molecule has 2 aromatic rings. The Kier molecular flexibility index (Phi) is 3.81. The Bertz CT molecular complexity index is 760. The van der Waals surface area contributed by atoms with Crippen LogP contribution in [-0.4, -0.2) is 10.9 Å². The van der Waals surface area contributed by atoms with Crippen molar-refractivity contribution in [3.05, 3.63) is 74.3 Å². The molecule has 2 aromatic carbocycles. The fourth-order valence-corrected chi connectivity index (χ4v) is 2.87. The number of nitrogens with zero attached hydrogens (tertiary/aromatic N) is 1. The molecule has 5 nitrogen and oxygen atoms in total. The molecule has 0 radical (unpaired) electrons. The second-order valence-electron chi connectivity index (χ2n) is 5.05. The lowest BCUT2D eigenvalue weighted by atomic mass is 10.1. The highest BCUT2D eigenvalue weighted by Gasteiger charge is 2.27. The quantitative estimate of drug-likeness (QED) is 0.485. The molecular weight excluding hydrogens is 306 g/mol. The molecule has 1 aliphatic rings. The lowest BCUT2D eigenvalue weighted by Crippen LogP contribution is -2.10. The van der Waals surface area contributed by atoms with Crippen LogP contribution in [0.5, 0.6) is 0 Å². The number of rotatable bonds is 3. The number of nitro groups is 1. The number of hydrogen-bond acceptors (Lipinski definition) is 4. The number of non-ortho nitro benzene ring substituents is 1. The molecule has 1 atom stereocenters. The van der Waals surface area contributed by atoms with Crippen LogP contribution < -0.4 is 0 Å². The van der Waals surface area contributed by atoms with Gasteiger partial charge < -0.3 is 4.74 Å². The Labute approximate surface area is 131 Å². The van der Waals surface area contributed by atoms with E-state index in [0.717, 1.165) is 24.5 Å². The summed E-state index contributed by atoms with van der Waals surface area (Å²) in [7, 11) is 0. The highest BCUT2D eigenvalue weighted by molar-refractivity contribution is 6.33. The van der Waals surface area contributed by atoms with Gasteiger partial charge in [0.25, 0.3) is 5.69 Å². The van der Waals surface area contributed by atoms with E-state index in [2.05, 4.69) is 0 Å². The van der Waals surface area contributed by atoms with Crippen molar-refractivity contribution < 1.29 is 14.5 Å². The highest BCUT2D eigenvalue weighted by Crippen LogP contribution is 2.35. The largest absolute Gasteiger partial charge is 0.454 e. The third-order valence-corrected chi connectivity index (χ3v) is 4.02. The maximum atomic E-state index is 12.2. The number of aryl methyl sites for hydroxylation is 1. The number of carbonyl (C=O) groups is 1. The van der Waals surface area contributed by atoms with Gasteiger partial charge in [-0.05, 0) is 30.0 Å². The summed E-state index contributed by atoms with van der Waals surface area (Å²) in [5, 5.41) is 10.7. The van der Waals surface area contributed by atoms with E-state index in [9.17, 15) is 14.9 Å². The van der Waals surface area contributed by atoms with Crippen molar-refractivity contribution in [1.82, 2.24) is 0 Å². The number of hydrogen-bond donors (Lipinski definition) is 0. The smallest absolute Gasteiger partial charge is 0.340 e. The second-order valence-corrected chi connectivity index (χ2v) is 5.46. The molecule has 0 fully saturated rings. The average molecular weight is 318 g/mol. The minimum Gasteiger partial charge on any atom is -0.454 e. The maximum Gasteiger partial charge on any atom is 0.340 e. The summed E-state index contributed by atoms with van der Waals surface area (Å²) in [5.74, 6) is -0.568. The van der Waals surface area contributed by atoms with Crippen molar-refractivity contribution in [2.75, 3.05) is 0 Å². The highest BCUT2D eigenvalue weighted by atomic mass is 35.5. The zero-order valence-corrected chi connectivity index (χ0v) is 12.2. The van der Waals surface area contributed by atoms with Gasteiger partial charge in [0.2, 0.25) is 0 Å². The van der Waals surface area contributed by atoms with Crippen LogP contribution in [0.25, 0.3) is 0 Å². The zero-order valence-electron chi connectivity index (χ0n) is 11.5. The van der Waals surface area contributed by atoms with E-state index >= 15 is 0 Å². The van der Waals surface area contributed by atoms with Crippen LogP contribution >= 0.6 is 11.6 Å². The Morgan fingerprint density at radius 1 is 1.27 bits per heavy atom. The fraction of sp³-hybridized carbons (Fsp3) is 0.188. The van der Waals surface area contributed by atoms with Gasteiger partial charge in [0.1, 0.15) is 6.10 Å². The van der Waals surface area contributed by atoms with Crippen LogP contribution in [0.3, 0.4) is 0 Å². The molecule has 3 rings (SSSR count). The molecule has 6 heteroatoms. The number of esters is 1. The number of carbonyl (C=O) groups excluding carboxylic acids is 1. The molecule has 112 valence electrons. The number of fused-ring (bicyclic) bond motifs is 1. The molecular formula is C16H12ClNO4. The van der Waals surface area contributed by atoms with Gasteiger partial charge in [-0.1, -0.05) is 35.9 Å². The SMILES string of the molecule is O=C(O[C@@H]1CCc2ccccc21)c1ccc([N+](=O)[O-])cc1Cl. The molecule has 0 heterocycles. The minimum atomic E-state index is -0.568. The van der Waals surface area contributed by atoms with Crippen molar-refractivity contribution in [2.45, 2.75) is 18.9 Å². The molecule has 0 saturated heterocycles. The molecule has 0 aliphatic heterocycles. The average Bonchev–Trinajstić information content (AvgIpc) is 2.90. The van der Waals surface area contributed by atoms with Gasteiger partial charge in [-0.2, -0.15) is 0 Å². The monoisotopic (exact) mass is 317 g/mol. The summed E-state index contributed by atoms with van der Waals surface area (Å²) < 4.78 is 5.51. The number of halogens is 1. The van der Waals surface area contributed by atoms with E-state index in [1.165, 1.54) is 17.7 Å². The molecule has 0 amide bonds. The molecule has 0 N–H and O–H groups in total. The maximum absolute atomic E-state index is 12.2. The first-order valence-corrected chi connectivity index (χ1v) is 7.17. The predicted octanol–water partition coefficient (Wildman–Crippen LogP) is 4.09. The molecule has 22 heavy (non-hydrogen) atoms. The molecule has 0 aromatic heterocycles. The topological polar surface area (TPSA) is 69.4 Å². The van der Waals surface area contributed by atoms with Gasteiger partial charge in [0, 0.05) is 12.1 Å². The number of benzene rings is 2. The Morgan fingerprint density at radius 2 is 2.05 bits per heavy atom. The number of nitro benzene ring substituents is 1. The summed E-state index contributed by atoms with van der Waals surface area (Å²) in [6.45, 7) is 0. The van der Waals surface area contributed by atoms with Crippen molar-refractivity contribution in [2.24, 2.45) is 0 Å². The summed E-state index contributed by atoms with van der Waals surface area (Å²) in [4.78, 5) is 22.4. The summed E-state index contributed by atoms with van der Waals surface area (Å²) in [6, 6.07) is 11.5. The minimum absolute atomic E-state index is 0.0190. The summed E-state index contributed by atoms with van der Waals surface area (Å²) in [6.07, 6.45) is 1.30. The van der Waals surface area contributed by atoms with Crippen molar-refractivity contribution >= 4 is 23.3 Å². The molecule has 0 saturated carbocycles. The third kappa shape index (κ3) is 2.67. The van der Waals surface area contributed by atoms with Crippen LogP contribution in [-0.2, 0) is 11.2 Å². The van der Waals surface area contributed by atoms with Crippen LogP contribution in [0.2, 0.25) is 5.02 Å². The van der Waals surface area contributed by atoms with E-state index in [-0.39, 0.29) is 22.4 Å². The summed E-state index contributed by atoms with van der Waals surface area (Å²) >= 11 is 5.95. The van der Waals surface area contributed by atoms with Crippen molar-refractivity contribution in [3.8, 4) is 0 Å². The Balaban J connectivity index is 1.80. The molecule has 0 bridgehead atoms. The second kappa shape index (κ2) is 5.77. The van der Waals surface area contributed by atoms with E-state index < -0.39 is 10.9 Å². The van der Waals surface area contributed by atoms with E-state index in [0.29, 0.717) is 0 Å². The predicted molar refractivity (Wildman–Crippen MR) is 81.0 cm³/mol. The van der Waals surface area contributed by atoms with Crippen LogP contribution in [0.15, 0.2) is 42.5 Å². The Morgan fingerprint density at radius 3 is 2.77 bits per heavy atom. The molecule has 0 unspecified atom stereocenters. The first-order valence-electron chi connectivity index (χ1n) is 6.79. The standard InChI is InChI=1S/C16H12ClNO4/c17-14-9-11(18(20)21)6-7-13(14)16(19)22-15-8-5-10-3-1-2-4-12(10)15/h1-4,6-7,9,15H,5,8H2/t15-/m1/s1. The normalized spacial score (nSPS) is 16.1. The lowest BCUT2D eigenvalue weighted by Gasteiger charge is -2.14. The first-order chi connectivity index (χ1) is 10.6. The van der Waals surface area contributed by atoms with Gasteiger partial charge in [-0.25, -0.2) is 4.79 Å². The fourth-order valence-electron chi connectivity index (χ4n) is 2.62. The first kappa shape index (κ1) is 14.5. The zero-order chi connectivity index (χ0) is 15.7. The van der Waals surface area contributed by atoms with Gasteiger partial charge in [0.15, 0.2) is 0 Å². The van der Waals surface area contributed by atoms with Crippen LogP contribution in [0, 0.1) is 10.1 Å². The molecule has 0 spiro atoms. The lowest BCUT2D eigenvalue weighted by molar-refractivity contribution is -0.384. The molecule has 1 aliphatic carbocycles. The summed E-state index contributed by atoms with van der Waals surface area (Å²) in [5.41, 5.74) is 2.16. The third-order valence-electron chi connectivity index (χ3n) is 3.71. The van der Waals surface area contributed by atoms with Crippen molar-refractivity contribution in [3.63, 3.8) is 0 Å². The van der Waals surface area contributed by atoms with Crippen molar-refractivity contribution in [1.29, 1.82) is 0 Å². The van der Waals surface area contributed by atoms with Gasteiger partial charge >= 0.3 is 5.97 Å². The van der Waals surface area contributed by atoms with E-state index in [1.807, 2.05) is 24.3 Å².